The van der Waals surface area contributed by atoms with Gasteiger partial charge in [0.1, 0.15) is 17.9 Å². The molecule has 80 valence electrons. The zero-order chi connectivity index (χ0) is 10.8. The minimum Gasteiger partial charge on any atom is -0.491 e. The van der Waals surface area contributed by atoms with Crippen LogP contribution >= 0.6 is 0 Å². The summed E-state index contributed by atoms with van der Waals surface area (Å²) < 4.78 is 10.1. The fourth-order valence-corrected chi connectivity index (χ4v) is 1.72. The van der Waals surface area contributed by atoms with Crippen molar-refractivity contribution in [3.63, 3.8) is 0 Å². The third-order valence-electron chi connectivity index (χ3n) is 2.43. The molecule has 1 aliphatic heterocycles. The largest absolute Gasteiger partial charge is 0.491 e. The van der Waals surface area contributed by atoms with Crippen LogP contribution in [-0.4, -0.2) is 25.7 Å². The maximum absolute atomic E-state index is 11.4. The molecule has 1 aromatic rings. The van der Waals surface area contributed by atoms with Crippen LogP contribution in [0.25, 0.3) is 0 Å². The average Bonchev–Trinajstić information content (AvgIpc) is 2.26. The summed E-state index contributed by atoms with van der Waals surface area (Å²) in [5.41, 5.74) is 7.21. The normalized spacial score (nSPS) is 18.9. The Balaban J connectivity index is 2.42. The van der Waals surface area contributed by atoms with E-state index in [1.165, 1.54) is 7.11 Å². The minimum absolute atomic E-state index is 0.00500. The second kappa shape index (κ2) is 3.90. The maximum atomic E-state index is 11.4. The SMILES string of the molecule is COC(=O)c1cccc2c1OC[C@@H](N)C2. The topological polar surface area (TPSA) is 61.5 Å². The van der Waals surface area contributed by atoms with Crippen LogP contribution in [0, 0.1) is 0 Å². The van der Waals surface area contributed by atoms with Crippen LogP contribution < -0.4 is 10.5 Å². The molecule has 2 rings (SSSR count). The van der Waals surface area contributed by atoms with E-state index in [4.69, 9.17) is 10.5 Å². The fourth-order valence-electron chi connectivity index (χ4n) is 1.72. The minimum atomic E-state index is -0.373. The molecule has 0 radical (unpaired) electrons. The number of ether oxygens (including phenoxy) is 2. The van der Waals surface area contributed by atoms with Crippen LogP contribution in [-0.2, 0) is 11.2 Å². The van der Waals surface area contributed by atoms with E-state index in [2.05, 4.69) is 4.74 Å². The molecular formula is C11H13NO3. The summed E-state index contributed by atoms with van der Waals surface area (Å²) in [6.07, 6.45) is 0.736. The molecule has 15 heavy (non-hydrogen) atoms. The van der Waals surface area contributed by atoms with Gasteiger partial charge in [-0.25, -0.2) is 4.79 Å². The van der Waals surface area contributed by atoms with E-state index in [0.29, 0.717) is 17.9 Å². The Hall–Kier alpha value is -1.55. The van der Waals surface area contributed by atoms with Gasteiger partial charge in [0, 0.05) is 6.04 Å². The summed E-state index contributed by atoms with van der Waals surface area (Å²) in [7, 11) is 1.36. The third kappa shape index (κ3) is 1.80. The quantitative estimate of drug-likeness (QED) is 0.690. The van der Waals surface area contributed by atoms with E-state index >= 15 is 0 Å². The molecule has 0 aromatic heterocycles. The Morgan fingerprint density at radius 1 is 1.60 bits per heavy atom. The molecular weight excluding hydrogens is 194 g/mol. The predicted octanol–water partition coefficient (Wildman–Crippen LogP) is 0.735. The predicted molar refractivity (Wildman–Crippen MR) is 55.0 cm³/mol. The van der Waals surface area contributed by atoms with Crippen molar-refractivity contribution in [3.8, 4) is 5.75 Å². The van der Waals surface area contributed by atoms with Crippen molar-refractivity contribution in [3.05, 3.63) is 29.3 Å². The van der Waals surface area contributed by atoms with Crippen molar-refractivity contribution in [2.45, 2.75) is 12.5 Å². The number of rotatable bonds is 1. The molecule has 0 saturated carbocycles. The lowest BCUT2D eigenvalue weighted by atomic mass is 10.00. The zero-order valence-corrected chi connectivity index (χ0v) is 8.53. The molecule has 0 fully saturated rings. The highest BCUT2D eigenvalue weighted by Crippen LogP contribution is 2.28. The first-order chi connectivity index (χ1) is 7.22. The van der Waals surface area contributed by atoms with E-state index in [-0.39, 0.29) is 12.0 Å². The molecule has 1 atom stereocenters. The first kappa shape index (κ1) is 9.98. The van der Waals surface area contributed by atoms with Gasteiger partial charge in [0.25, 0.3) is 0 Å². The lowest BCUT2D eigenvalue weighted by Crippen LogP contribution is -2.34. The molecule has 1 heterocycles. The van der Waals surface area contributed by atoms with Crippen molar-refractivity contribution in [1.82, 2.24) is 0 Å². The van der Waals surface area contributed by atoms with Gasteiger partial charge in [-0.1, -0.05) is 12.1 Å². The summed E-state index contributed by atoms with van der Waals surface area (Å²) in [5.74, 6) is 0.244. The molecule has 0 bridgehead atoms. The smallest absolute Gasteiger partial charge is 0.341 e. The van der Waals surface area contributed by atoms with Crippen molar-refractivity contribution in [1.29, 1.82) is 0 Å². The fraction of sp³-hybridized carbons (Fsp3) is 0.364. The molecule has 0 saturated heterocycles. The number of fused-ring (bicyclic) bond motifs is 1. The van der Waals surface area contributed by atoms with Crippen molar-refractivity contribution in [2.75, 3.05) is 13.7 Å². The Morgan fingerprint density at radius 3 is 3.13 bits per heavy atom. The van der Waals surface area contributed by atoms with Crippen LogP contribution in [0.1, 0.15) is 15.9 Å². The first-order valence-electron chi connectivity index (χ1n) is 4.81. The molecule has 2 N–H and O–H groups in total. The van der Waals surface area contributed by atoms with E-state index in [1.54, 1.807) is 6.07 Å². The number of para-hydroxylation sites is 1. The molecule has 0 amide bonds. The monoisotopic (exact) mass is 207 g/mol. The second-order valence-electron chi connectivity index (χ2n) is 3.56. The van der Waals surface area contributed by atoms with Gasteiger partial charge in [-0.3, -0.25) is 0 Å². The number of methoxy groups -OCH3 is 1. The number of carbonyl (C=O) groups is 1. The van der Waals surface area contributed by atoms with Crippen LogP contribution in [0.2, 0.25) is 0 Å². The van der Waals surface area contributed by atoms with E-state index in [0.717, 1.165) is 12.0 Å². The third-order valence-corrected chi connectivity index (χ3v) is 2.43. The van der Waals surface area contributed by atoms with E-state index in [1.807, 2.05) is 12.1 Å². The Kier molecular flexibility index (Phi) is 2.60. The Morgan fingerprint density at radius 2 is 2.40 bits per heavy atom. The van der Waals surface area contributed by atoms with Gasteiger partial charge >= 0.3 is 5.97 Å². The highest BCUT2D eigenvalue weighted by molar-refractivity contribution is 5.93. The summed E-state index contributed by atoms with van der Waals surface area (Å²) in [6.45, 7) is 0.445. The van der Waals surface area contributed by atoms with Gasteiger partial charge in [0.05, 0.1) is 7.11 Å². The molecule has 1 aromatic carbocycles. The van der Waals surface area contributed by atoms with Gasteiger partial charge in [-0.15, -0.1) is 0 Å². The highest BCUT2D eigenvalue weighted by Gasteiger charge is 2.22. The van der Waals surface area contributed by atoms with Gasteiger partial charge < -0.3 is 15.2 Å². The number of hydrogen-bond acceptors (Lipinski definition) is 4. The van der Waals surface area contributed by atoms with Crippen LogP contribution in [0.15, 0.2) is 18.2 Å². The van der Waals surface area contributed by atoms with Crippen molar-refractivity contribution < 1.29 is 14.3 Å². The lowest BCUT2D eigenvalue weighted by Gasteiger charge is -2.23. The van der Waals surface area contributed by atoms with E-state index in [9.17, 15) is 4.79 Å². The maximum Gasteiger partial charge on any atom is 0.341 e. The number of carbonyl (C=O) groups excluding carboxylic acids is 1. The van der Waals surface area contributed by atoms with Crippen molar-refractivity contribution >= 4 is 5.97 Å². The number of benzene rings is 1. The molecule has 0 aliphatic carbocycles. The molecule has 4 heteroatoms. The van der Waals surface area contributed by atoms with Crippen LogP contribution in [0.5, 0.6) is 5.75 Å². The summed E-state index contributed by atoms with van der Waals surface area (Å²) in [5, 5.41) is 0. The lowest BCUT2D eigenvalue weighted by molar-refractivity contribution is 0.0594. The average molecular weight is 207 g/mol. The molecule has 4 nitrogen and oxygen atoms in total. The molecule has 0 spiro atoms. The number of hydrogen-bond donors (Lipinski definition) is 1. The standard InChI is InChI=1S/C11H13NO3/c1-14-11(13)9-4-2-3-7-5-8(12)6-15-10(7)9/h2-4,8H,5-6,12H2,1H3/t8-/m0/s1. The molecule has 0 unspecified atom stereocenters. The Labute approximate surface area is 88.0 Å². The first-order valence-corrected chi connectivity index (χ1v) is 4.81. The van der Waals surface area contributed by atoms with Gasteiger partial charge in [-0.05, 0) is 18.1 Å². The van der Waals surface area contributed by atoms with E-state index < -0.39 is 0 Å². The number of nitrogens with two attached hydrogens (primary N) is 1. The van der Waals surface area contributed by atoms with Crippen LogP contribution in [0.4, 0.5) is 0 Å². The van der Waals surface area contributed by atoms with Crippen molar-refractivity contribution in [2.24, 2.45) is 5.73 Å². The van der Waals surface area contributed by atoms with Crippen LogP contribution in [0.3, 0.4) is 0 Å². The van der Waals surface area contributed by atoms with Gasteiger partial charge in [0.2, 0.25) is 0 Å². The highest BCUT2D eigenvalue weighted by atomic mass is 16.5. The van der Waals surface area contributed by atoms with Gasteiger partial charge in [0.15, 0.2) is 0 Å². The van der Waals surface area contributed by atoms with Gasteiger partial charge in [-0.2, -0.15) is 0 Å². The molecule has 1 aliphatic rings. The summed E-state index contributed by atoms with van der Waals surface area (Å²) in [4.78, 5) is 11.4. The summed E-state index contributed by atoms with van der Waals surface area (Å²) >= 11 is 0. The second-order valence-corrected chi connectivity index (χ2v) is 3.56. The zero-order valence-electron chi connectivity index (χ0n) is 8.53. The Bertz CT molecular complexity index is 389. The summed E-state index contributed by atoms with van der Waals surface area (Å²) in [6, 6.07) is 5.43. The number of esters is 1.